The predicted molar refractivity (Wildman–Crippen MR) is 101 cm³/mol. The van der Waals surface area contributed by atoms with E-state index in [4.69, 9.17) is 10.8 Å². The van der Waals surface area contributed by atoms with Crippen molar-refractivity contribution in [1.82, 2.24) is 0 Å². The van der Waals surface area contributed by atoms with E-state index in [2.05, 4.69) is 19.1 Å². The van der Waals surface area contributed by atoms with Crippen molar-refractivity contribution in [2.24, 2.45) is 11.7 Å². The van der Waals surface area contributed by atoms with E-state index in [1.165, 1.54) is 19.3 Å². The van der Waals surface area contributed by atoms with Crippen molar-refractivity contribution in [3.05, 3.63) is 12.2 Å². The first-order valence-corrected chi connectivity index (χ1v) is 9.85. The van der Waals surface area contributed by atoms with Gasteiger partial charge in [0.1, 0.15) is 0 Å². The lowest BCUT2D eigenvalue weighted by molar-refractivity contribution is -0.122. The van der Waals surface area contributed by atoms with E-state index in [0.717, 1.165) is 57.8 Å². The Morgan fingerprint density at radius 1 is 0.958 bits per heavy atom. The molecule has 0 saturated heterocycles. The van der Waals surface area contributed by atoms with Gasteiger partial charge in [-0.1, -0.05) is 64.0 Å². The van der Waals surface area contributed by atoms with Gasteiger partial charge in [0.05, 0.1) is 6.10 Å². The largest absolute Gasteiger partial charge is 0.396 e. The number of carbonyl (C=O) groups is 1. The van der Waals surface area contributed by atoms with Gasteiger partial charge in [-0.05, 0) is 38.5 Å². The van der Waals surface area contributed by atoms with Gasteiger partial charge < -0.3 is 15.9 Å². The Labute approximate surface area is 148 Å². The zero-order chi connectivity index (χ0) is 18.0. The number of nitrogens with two attached hydrogens (primary N) is 1. The van der Waals surface area contributed by atoms with Crippen LogP contribution in [0.25, 0.3) is 0 Å². The van der Waals surface area contributed by atoms with Gasteiger partial charge in [0.25, 0.3) is 0 Å². The molecular formula is C20H39NO3. The molecule has 0 aliphatic heterocycles. The maximum atomic E-state index is 11.2. The van der Waals surface area contributed by atoms with Gasteiger partial charge in [-0.3, -0.25) is 4.79 Å². The second-order valence-electron chi connectivity index (χ2n) is 6.81. The van der Waals surface area contributed by atoms with Gasteiger partial charge in [0, 0.05) is 12.5 Å². The van der Waals surface area contributed by atoms with E-state index in [9.17, 15) is 9.90 Å². The van der Waals surface area contributed by atoms with Crippen LogP contribution in [0.2, 0.25) is 0 Å². The third-order valence-electron chi connectivity index (χ3n) is 4.52. The molecule has 0 fully saturated rings. The molecule has 0 radical (unpaired) electrons. The number of hydrogen-bond acceptors (Lipinski definition) is 3. The molecule has 0 spiro atoms. The van der Waals surface area contributed by atoms with Crippen molar-refractivity contribution < 1.29 is 15.0 Å². The van der Waals surface area contributed by atoms with E-state index < -0.39 is 0 Å². The Morgan fingerprint density at radius 2 is 1.62 bits per heavy atom. The molecule has 0 heterocycles. The highest BCUT2D eigenvalue weighted by atomic mass is 16.3. The summed E-state index contributed by atoms with van der Waals surface area (Å²) in [5.41, 5.74) is 5.31. The number of carbonyl (C=O) groups excluding carboxylic acids is 1. The molecule has 4 N–H and O–H groups in total. The second-order valence-corrected chi connectivity index (χ2v) is 6.81. The quantitative estimate of drug-likeness (QED) is 0.275. The third kappa shape index (κ3) is 14.7. The van der Waals surface area contributed by atoms with E-state index in [-0.39, 0.29) is 24.5 Å². The number of rotatable bonds is 17. The molecule has 4 nitrogen and oxygen atoms in total. The van der Waals surface area contributed by atoms with E-state index in [1.807, 2.05) is 0 Å². The summed E-state index contributed by atoms with van der Waals surface area (Å²) in [6, 6.07) is 0. The maximum Gasteiger partial charge on any atom is 0.220 e. The molecule has 0 aliphatic carbocycles. The topological polar surface area (TPSA) is 83.6 Å². The van der Waals surface area contributed by atoms with Crippen LogP contribution in [0, 0.1) is 5.92 Å². The van der Waals surface area contributed by atoms with Crippen molar-refractivity contribution in [2.75, 3.05) is 6.61 Å². The number of amides is 1. The van der Waals surface area contributed by atoms with Crippen LogP contribution < -0.4 is 5.73 Å². The number of primary amides is 1. The SMILES string of the molecule is CCCCCCC(O)C/C=C\CCCCCCC(CCO)C(N)=O. The summed E-state index contributed by atoms with van der Waals surface area (Å²) in [4.78, 5) is 11.2. The molecular weight excluding hydrogens is 302 g/mol. The lowest BCUT2D eigenvalue weighted by Crippen LogP contribution is -2.24. The number of unbranched alkanes of at least 4 members (excludes halogenated alkanes) is 7. The Hall–Kier alpha value is -0.870. The smallest absolute Gasteiger partial charge is 0.220 e. The molecule has 2 atom stereocenters. The van der Waals surface area contributed by atoms with Crippen LogP contribution in [0.15, 0.2) is 12.2 Å². The molecule has 0 aliphatic rings. The lowest BCUT2D eigenvalue weighted by atomic mass is 9.97. The van der Waals surface area contributed by atoms with Gasteiger partial charge in [-0.25, -0.2) is 0 Å². The summed E-state index contributed by atoms with van der Waals surface area (Å²) in [5, 5.41) is 18.7. The minimum Gasteiger partial charge on any atom is -0.396 e. The molecule has 0 aromatic carbocycles. The summed E-state index contributed by atoms with van der Waals surface area (Å²) in [6.45, 7) is 2.23. The van der Waals surface area contributed by atoms with Gasteiger partial charge in [0.2, 0.25) is 5.91 Å². The predicted octanol–water partition coefficient (Wildman–Crippen LogP) is 4.09. The number of aliphatic hydroxyl groups is 2. The summed E-state index contributed by atoms with van der Waals surface area (Å²) < 4.78 is 0. The van der Waals surface area contributed by atoms with Crippen LogP contribution in [0.5, 0.6) is 0 Å². The second kappa shape index (κ2) is 17.0. The van der Waals surface area contributed by atoms with E-state index in [1.54, 1.807) is 0 Å². The Morgan fingerprint density at radius 3 is 2.29 bits per heavy atom. The zero-order valence-electron chi connectivity index (χ0n) is 15.6. The van der Waals surface area contributed by atoms with Gasteiger partial charge in [-0.15, -0.1) is 0 Å². The van der Waals surface area contributed by atoms with Gasteiger partial charge in [0.15, 0.2) is 0 Å². The summed E-state index contributed by atoms with van der Waals surface area (Å²) in [5.74, 6) is -0.464. The van der Waals surface area contributed by atoms with Crippen LogP contribution in [0.4, 0.5) is 0 Å². The van der Waals surface area contributed by atoms with Crippen molar-refractivity contribution in [1.29, 1.82) is 0 Å². The molecule has 142 valence electrons. The van der Waals surface area contributed by atoms with E-state index >= 15 is 0 Å². The summed E-state index contributed by atoms with van der Waals surface area (Å²) >= 11 is 0. The fourth-order valence-corrected chi connectivity index (χ4v) is 2.89. The molecule has 4 heteroatoms. The lowest BCUT2D eigenvalue weighted by Gasteiger charge is -2.11. The molecule has 0 bridgehead atoms. The Balaban J connectivity index is 3.47. The molecule has 1 amide bonds. The van der Waals surface area contributed by atoms with Crippen molar-refractivity contribution in [3.8, 4) is 0 Å². The standard InChI is InChI=1S/C20H39NO3/c1-2-3-4-11-14-19(23)15-12-9-7-5-6-8-10-13-18(16-17-22)20(21)24/h9,12,18-19,22-23H,2-8,10-11,13-17H2,1H3,(H2,21,24)/b12-9-. The highest BCUT2D eigenvalue weighted by molar-refractivity contribution is 5.76. The highest BCUT2D eigenvalue weighted by Crippen LogP contribution is 2.15. The minimum absolute atomic E-state index is 0.0306. The minimum atomic E-state index is -0.291. The van der Waals surface area contributed by atoms with Crippen LogP contribution in [-0.4, -0.2) is 28.8 Å². The molecule has 24 heavy (non-hydrogen) atoms. The molecule has 0 aromatic heterocycles. The fraction of sp³-hybridized carbons (Fsp3) is 0.850. The first kappa shape index (κ1) is 23.1. The van der Waals surface area contributed by atoms with Crippen molar-refractivity contribution in [2.45, 2.75) is 96.5 Å². The van der Waals surface area contributed by atoms with Crippen LogP contribution >= 0.6 is 0 Å². The van der Waals surface area contributed by atoms with Crippen LogP contribution in [0.3, 0.4) is 0 Å². The molecule has 0 aromatic rings. The third-order valence-corrected chi connectivity index (χ3v) is 4.52. The van der Waals surface area contributed by atoms with Gasteiger partial charge in [-0.2, -0.15) is 0 Å². The van der Waals surface area contributed by atoms with E-state index in [0.29, 0.717) is 6.42 Å². The maximum absolute atomic E-state index is 11.2. The monoisotopic (exact) mass is 341 g/mol. The molecule has 2 unspecified atom stereocenters. The number of allylic oxidation sites excluding steroid dienone is 1. The highest BCUT2D eigenvalue weighted by Gasteiger charge is 2.13. The molecule has 0 saturated carbocycles. The summed E-state index contributed by atoms with van der Waals surface area (Å²) in [7, 11) is 0. The number of hydrogen-bond donors (Lipinski definition) is 3. The van der Waals surface area contributed by atoms with Crippen LogP contribution in [-0.2, 0) is 4.79 Å². The van der Waals surface area contributed by atoms with Gasteiger partial charge >= 0.3 is 0 Å². The Bertz CT molecular complexity index is 318. The normalized spacial score (nSPS) is 14.1. The zero-order valence-corrected chi connectivity index (χ0v) is 15.6. The first-order chi connectivity index (χ1) is 11.6. The first-order valence-electron chi connectivity index (χ1n) is 9.85. The average Bonchev–Trinajstić information content (AvgIpc) is 2.56. The average molecular weight is 342 g/mol. The van der Waals surface area contributed by atoms with Crippen molar-refractivity contribution in [3.63, 3.8) is 0 Å². The molecule has 0 rings (SSSR count). The van der Waals surface area contributed by atoms with Crippen LogP contribution in [0.1, 0.15) is 90.4 Å². The van der Waals surface area contributed by atoms with Crippen molar-refractivity contribution >= 4 is 5.91 Å². The Kier molecular flexibility index (Phi) is 16.4. The fourth-order valence-electron chi connectivity index (χ4n) is 2.89. The number of aliphatic hydroxyl groups excluding tert-OH is 2. The summed E-state index contributed by atoms with van der Waals surface area (Å²) in [6.07, 6.45) is 17.4.